The maximum absolute atomic E-state index is 12.7. The van der Waals surface area contributed by atoms with Crippen LogP contribution < -0.4 is 4.74 Å². The van der Waals surface area contributed by atoms with Crippen LogP contribution in [0.25, 0.3) is 0 Å². The van der Waals surface area contributed by atoms with Crippen molar-refractivity contribution in [2.75, 3.05) is 6.61 Å². The van der Waals surface area contributed by atoms with Crippen molar-refractivity contribution in [1.82, 2.24) is 0 Å². The Balaban J connectivity index is 2.86. The van der Waals surface area contributed by atoms with Gasteiger partial charge in [0.1, 0.15) is 6.61 Å². The lowest BCUT2D eigenvalue weighted by Gasteiger charge is -2.02. The van der Waals surface area contributed by atoms with Gasteiger partial charge >= 0.3 is 0 Å². The van der Waals surface area contributed by atoms with Crippen molar-refractivity contribution >= 4 is 0 Å². The van der Waals surface area contributed by atoms with Crippen LogP contribution in [-0.4, -0.2) is 6.61 Å². The van der Waals surface area contributed by atoms with Crippen molar-refractivity contribution in [2.24, 2.45) is 0 Å². The minimum absolute atomic E-state index is 0.0891. The molecule has 1 nitrogen and oxygen atoms in total. The summed E-state index contributed by atoms with van der Waals surface area (Å²) >= 11 is 0. The summed E-state index contributed by atoms with van der Waals surface area (Å²) in [7, 11) is 0. The van der Waals surface area contributed by atoms with Crippen molar-refractivity contribution in [1.29, 1.82) is 0 Å². The van der Waals surface area contributed by atoms with Gasteiger partial charge in [-0.1, -0.05) is 5.92 Å². The van der Waals surface area contributed by atoms with E-state index < -0.39 is 11.6 Å². The fourth-order valence-electron chi connectivity index (χ4n) is 0.659. The highest BCUT2D eigenvalue weighted by molar-refractivity contribution is 5.24. The molecule has 61 valence electrons. The Morgan fingerprint density at radius 1 is 1.50 bits per heavy atom. The number of ether oxygens (including phenoxy) is 1. The summed E-state index contributed by atoms with van der Waals surface area (Å²) in [5, 5.41) is 0. The molecule has 0 spiro atoms. The zero-order valence-corrected chi connectivity index (χ0v) is 6.10. The van der Waals surface area contributed by atoms with E-state index in [4.69, 9.17) is 6.42 Å². The summed E-state index contributed by atoms with van der Waals surface area (Å²) < 4.78 is 29.9. The van der Waals surface area contributed by atoms with Gasteiger partial charge in [0.2, 0.25) is 5.82 Å². The van der Waals surface area contributed by atoms with Gasteiger partial charge in [0.15, 0.2) is 11.6 Å². The van der Waals surface area contributed by atoms with Gasteiger partial charge in [0.25, 0.3) is 0 Å². The Labute approximate surface area is 69.0 Å². The molecule has 0 saturated carbocycles. The fourth-order valence-corrected chi connectivity index (χ4v) is 0.659. The van der Waals surface area contributed by atoms with E-state index in [1.807, 2.05) is 0 Å². The predicted octanol–water partition coefficient (Wildman–Crippen LogP) is 1.78. The first-order valence-corrected chi connectivity index (χ1v) is 3.17. The molecule has 3 heteroatoms. The lowest BCUT2D eigenvalue weighted by atomic mass is 10.3. The van der Waals surface area contributed by atoms with Crippen LogP contribution >= 0.6 is 0 Å². The van der Waals surface area contributed by atoms with Crippen LogP contribution in [0.1, 0.15) is 0 Å². The average Bonchev–Trinajstić information content (AvgIpc) is 2.08. The van der Waals surface area contributed by atoms with Crippen LogP contribution in [0.3, 0.4) is 0 Å². The Bertz CT molecular complexity index is 315. The summed E-state index contributed by atoms with van der Waals surface area (Å²) in [5.74, 6) is -0.111. The van der Waals surface area contributed by atoms with Crippen molar-refractivity contribution in [3.63, 3.8) is 0 Å². The molecule has 0 unspecified atom stereocenters. The molecule has 0 aliphatic carbocycles. The van der Waals surface area contributed by atoms with Crippen LogP contribution in [0.4, 0.5) is 8.78 Å². The molecule has 1 rings (SSSR count). The summed E-state index contributed by atoms with van der Waals surface area (Å²) in [6.45, 7) is -0.0891. The van der Waals surface area contributed by atoms with Gasteiger partial charge in [-0.15, -0.1) is 6.42 Å². The van der Waals surface area contributed by atoms with Crippen LogP contribution in [0.5, 0.6) is 5.75 Å². The van der Waals surface area contributed by atoms with Crippen molar-refractivity contribution in [3.8, 4) is 18.1 Å². The highest BCUT2D eigenvalue weighted by Crippen LogP contribution is 2.18. The average molecular weight is 167 g/mol. The molecule has 0 atom stereocenters. The maximum Gasteiger partial charge on any atom is 0.200 e. The van der Waals surface area contributed by atoms with E-state index >= 15 is 0 Å². The molecule has 0 aliphatic heterocycles. The van der Waals surface area contributed by atoms with Gasteiger partial charge in [0.05, 0.1) is 0 Å². The second kappa shape index (κ2) is 3.72. The van der Waals surface area contributed by atoms with Crippen LogP contribution in [0.2, 0.25) is 0 Å². The minimum atomic E-state index is -1.04. The molecule has 1 radical (unpaired) electrons. The summed E-state index contributed by atoms with van der Waals surface area (Å²) in [6.07, 6.45) is 4.86. The van der Waals surface area contributed by atoms with Crippen molar-refractivity contribution in [3.05, 3.63) is 29.8 Å². The first-order chi connectivity index (χ1) is 5.75. The Kier molecular flexibility index (Phi) is 2.65. The number of halogens is 2. The zero-order valence-electron chi connectivity index (χ0n) is 6.10. The topological polar surface area (TPSA) is 9.23 Å². The predicted molar refractivity (Wildman–Crippen MR) is 39.5 cm³/mol. The van der Waals surface area contributed by atoms with Crippen LogP contribution in [0.15, 0.2) is 12.1 Å². The lowest BCUT2D eigenvalue weighted by molar-refractivity contribution is 0.338. The molecule has 0 bridgehead atoms. The molecule has 0 aromatic heterocycles. The molecule has 0 heterocycles. The monoisotopic (exact) mass is 167 g/mol. The van der Waals surface area contributed by atoms with E-state index in [1.165, 1.54) is 6.07 Å². The number of terminal acetylenes is 1. The second-order valence-corrected chi connectivity index (χ2v) is 1.97. The zero-order chi connectivity index (χ0) is 8.97. The second-order valence-electron chi connectivity index (χ2n) is 1.97. The molecule has 0 amide bonds. The van der Waals surface area contributed by atoms with Gasteiger partial charge in [-0.3, -0.25) is 0 Å². The largest absolute Gasteiger partial charge is 0.478 e. The maximum atomic E-state index is 12.7. The lowest BCUT2D eigenvalue weighted by Crippen LogP contribution is -1.97. The summed E-state index contributed by atoms with van der Waals surface area (Å²) in [6, 6.07) is 4.45. The Morgan fingerprint density at radius 2 is 2.25 bits per heavy atom. The molecule has 0 N–H and O–H groups in total. The van der Waals surface area contributed by atoms with Crippen molar-refractivity contribution < 1.29 is 13.5 Å². The van der Waals surface area contributed by atoms with E-state index in [-0.39, 0.29) is 12.4 Å². The van der Waals surface area contributed by atoms with E-state index in [0.29, 0.717) is 0 Å². The molecule has 0 aliphatic rings. The van der Waals surface area contributed by atoms with Gasteiger partial charge in [-0.2, -0.15) is 4.39 Å². The normalized spacial score (nSPS) is 9.08. The van der Waals surface area contributed by atoms with Gasteiger partial charge in [-0.25, -0.2) is 4.39 Å². The summed E-state index contributed by atoms with van der Waals surface area (Å²) in [4.78, 5) is 0. The van der Waals surface area contributed by atoms with E-state index in [9.17, 15) is 8.78 Å². The number of hydrogen-bond donors (Lipinski definition) is 0. The van der Waals surface area contributed by atoms with Gasteiger partial charge < -0.3 is 4.74 Å². The van der Waals surface area contributed by atoms with Crippen LogP contribution in [-0.2, 0) is 0 Å². The van der Waals surface area contributed by atoms with E-state index in [1.54, 1.807) is 0 Å². The molecule has 1 aromatic carbocycles. The highest BCUT2D eigenvalue weighted by Gasteiger charge is 2.07. The number of hydrogen-bond acceptors (Lipinski definition) is 1. The first-order valence-electron chi connectivity index (χ1n) is 3.17. The third kappa shape index (κ3) is 1.73. The standard InChI is InChI=1S/C9H5F2O/c1-2-6-12-8-5-3-4-7(10)9(8)11/h1,4-5H,6H2. The molecule has 0 fully saturated rings. The van der Waals surface area contributed by atoms with Gasteiger partial charge in [0, 0.05) is 0 Å². The molecular formula is C9H5F2O. The SMILES string of the molecule is C#CCOc1c[c]cc(F)c1F. The highest BCUT2D eigenvalue weighted by atomic mass is 19.2. The third-order valence-electron chi connectivity index (χ3n) is 1.16. The summed E-state index contributed by atoms with van der Waals surface area (Å²) in [5.41, 5.74) is 0. The number of rotatable bonds is 2. The smallest absolute Gasteiger partial charge is 0.200 e. The molecule has 1 aromatic rings. The third-order valence-corrected chi connectivity index (χ3v) is 1.16. The van der Waals surface area contributed by atoms with E-state index in [2.05, 4.69) is 16.7 Å². The van der Waals surface area contributed by atoms with E-state index in [0.717, 1.165) is 6.07 Å². The first kappa shape index (κ1) is 8.54. The molecule has 12 heavy (non-hydrogen) atoms. The van der Waals surface area contributed by atoms with Gasteiger partial charge in [-0.05, 0) is 18.2 Å². The number of benzene rings is 1. The molecule has 0 saturated heterocycles. The van der Waals surface area contributed by atoms with Crippen molar-refractivity contribution in [2.45, 2.75) is 0 Å². The molecular weight excluding hydrogens is 162 g/mol. The fraction of sp³-hybridized carbons (Fsp3) is 0.111. The Hall–Kier alpha value is -1.56. The Morgan fingerprint density at radius 3 is 2.92 bits per heavy atom. The quantitative estimate of drug-likeness (QED) is 0.610. The van der Waals surface area contributed by atoms with Crippen LogP contribution in [0, 0.1) is 30.0 Å². The minimum Gasteiger partial charge on any atom is -0.478 e.